The fourth-order valence-corrected chi connectivity index (χ4v) is 4.65. The molecule has 1 aliphatic rings. The number of benzene rings is 3. The van der Waals surface area contributed by atoms with E-state index >= 15 is 0 Å². The first-order chi connectivity index (χ1) is 17.2. The van der Waals surface area contributed by atoms with E-state index in [9.17, 15) is 14.4 Å². The zero-order valence-corrected chi connectivity index (χ0v) is 22.8. The molecule has 0 saturated carbocycles. The molecule has 0 bridgehead atoms. The molecule has 4 rings (SSSR count). The zero-order chi connectivity index (χ0) is 26.0. The molecule has 1 N–H and O–H groups in total. The van der Waals surface area contributed by atoms with Crippen LogP contribution in [0.1, 0.15) is 16.7 Å². The highest BCUT2D eigenvalue weighted by molar-refractivity contribution is 14.1. The van der Waals surface area contributed by atoms with Gasteiger partial charge in [0.05, 0.1) is 16.4 Å². The van der Waals surface area contributed by atoms with E-state index in [4.69, 9.17) is 32.7 Å². The van der Waals surface area contributed by atoms with Gasteiger partial charge in [-0.05, 0) is 77.0 Å². The maximum atomic E-state index is 13.2. The second-order valence-electron chi connectivity index (χ2n) is 7.81. The third kappa shape index (κ3) is 5.35. The van der Waals surface area contributed by atoms with E-state index in [1.54, 1.807) is 37.3 Å². The number of nitrogens with one attached hydrogen (secondary N) is 1. The molecule has 1 aliphatic heterocycles. The summed E-state index contributed by atoms with van der Waals surface area (Å²) in [4.78, 5) is 39.1. The summed E-state index contributed by atoms with van der Waals surface area (Å²) in [6.07, 6.45) is 1.40. The molecule has 3 aromatic carbocycles. The summed E-state index contributed by atoms with van der Waals surface area (Å²) in [5.41, 5.74) is 2.15. The summed E-state index contributed by atoms with van der Waals surface area (Å²) in [6.45, 7) is 2.03. The number of rotatable bonds is 6. The number of carbonyl (C=O) groups excluding carboxylic acids is 3. The number of anilines is 1. The maximum absolute atomic E-state index is 13.2. The van der Waals surface area contributed by atoms with Crippen LogP contribution in [-0.2, 0) is 16.2 Å². The van der Waals surface area contributed by atoms with Crippen molar-refractivity contribution in [1.29, 1.82) is 0 Å². The lowest BCUT2D eigenvalue weighted by Crippen LogP contribution is -2.54. The molecule has 184 valence electrons. The van der Waals surface area contributed by atoms with E-state index in [1.165, 1.54) is 19.3 Å². The molecule has 7 nitrogen and oxygen atoms in total. The molecule has 0 aromatic heterocycles. The first-order valence-electron chi connectivity index (χ1n) is 10.6. The number of halogens is 3. The Labute approximate surface area is 231 Å². The molecule has 3 aromatic rings. The third-order valence-corrected chi connectivity index (χ3v) is 6.99. The normalized spacial score (nSPS) is 14.8. The monoisotopic (exact) mass is 636 g/mol. The van der Waals surface area contributed by atoms with Gasteiger partial charge in [-0.3, -0.25) is 14.9 Å². The van der Waals surface area contributed by atoms with Crippen molar-refractivity contribution in [1.82, 2.24) is 5.32 Å². The Morgan fingerprint density at radius 3 is 2.47 bits per heavy atom. The second kappa shape index (κ2) is 10.9. The molecule has 0 unspecified atom stereocenters. The summed E-state index contributed by atoms with van der Waals surface area (Å²) < 4.78 is 12.2. The molecule has 0 spiro atoms. The van der Waals surface area contributed by atoms with Crippen LogP contribution in [0.2, 0.25) is 10.0 Å². The zero-order valence-electron chi connectivity index (χ0n) is 19.1. The van der Waals surface area contributed by atoms with Crippen LogP contribution in [0.4, 0.5) is 10.5 Å². The summed E-state index contributed by atoms with van der Waals surface area (Å²) >= 11 is 14.5. The van der Waals surface area contributed by atoms with Crippen LogP contribution < -0.4 is 19.7 Å². The molecule has 1 heterocycles. The molecule has 1 fully saturated rings. The third-order valence-electron chi connectivity index (χ3n) is 5.41. The Kier molecular flexibility index (Phi) is 7.87. The van der Waals surface area contributed by atoms with Gasteiger partial charge in [-0.2, -0.15) is 0 Å². The molecule has 0 aliphatic carbocycles. The first kappa shape index (κ1) is 26.0. The molecule has 0 atom stereocenters. The molecule has 10 heteroatoms. The molecule has 0 radical (unpaired) electrons. The number of barbiturate groups is 1. The van der Waals surface area contributed by atoms with Crippen LogP contribution in [0.5, 0.6) is 11.5 Å². The van der Waals surface area contributed by atoms with E-state index in [2.05, 4.69) is 27.9 Å². The Bertz CT molecular complexity index is 1420. The van der Waals surface area contributed by atoms with Crippen molar-refractivity contribution in [2.24, 2.45) is 0 Å². The number of aryl methyl sites for hydroxylation is 1. The number of methoxy groups -OCH3 is 1. The van der Waals surface area contributed by atoms with E-state index in [0.717, 1.165) is 16.0 Å². The Morgan fingerprint density at radius 1 is 1.03 bits per heavy atom. The van der Waals surface area contributed by atoms with Crippen LogP contribution in [0, 0.1) is 10.5 Å². The molecular weight excluding hydrogens is 618 g/mol. The van der Waals surface area contributed by atoms with Gasteiger partial charge < -0.3 is 9.47 Å². The minimum Gasteiger partial charge on any atom is -0.493 e. The van der Waals surface area contributed by atoms with E-state index in [1.807, 2.05) is 18.2 Å². The van der Waals surface area contributed by atoms with Crippen LogP contribution in [0.15, 0.2) is 60.2 Å². The van der Waals surface area contributed by atoms with Crippen LogP contribution >= 0.6 is 45.8 Å². The van der Waals surface area contributed by atoms with Crippen molar-refractivity contribution in [3.05, 3.63) is 90.5 Å². The van der Waals surface area contributed by atoms with Gasteiger partial charge in [-0.15, -0.1) is 0 Å². The Hall–Kier alpha value is -3.08. The van der Waals surface area contributed by atoms with Gasteiger partial charge in [-0.25, -0.2) is 9.69 Å². The number of hydrogen-bond donors (Lipinski definition) is 1. The van der Waals surface area contributed by atoms with Gasteiger partial charge in [0.15, 0.2) is 11.5 Å². The van der Waals surface area contributed by atoms with Crippen LogP contribution in [0.3, 0.4) is 0 Å². The summed E-state index contributed by atoms with van der Waals surface area (Å²) in [7, 11) is 1.49. The van der Waals surface area contributed by atoms with Gasteiger partial charge >= 0.3 is 6.03 Å². The van der Waals surface area contributed by atoms with Crippen molar-refractivity contribution >= 4 is 75.4 Å². The molecule has 36 heavy (non-hydrogen) atoms. The first-order valence-corrected chi connectivity index (χ1v) is 12.4. The quantitative estimate of drug-likeness (QED) is 0.199. The predicted molar refractivity (Wildman–Crippen MR) is 147 cm³/mol. The van der Waals surface area contributed by atoms with Gasteiger partial charge in [0.25, 0.3) is 11.8 Å². The van der Waals surface area contributed by atoms with Gasteiger partial charge in [0.2, 0.25) is 0 Å². The Morgan fingerprint density at radius 2 is 1.78 bits per heavy atom. The van der Waals surface area contributed by atoms with Crippen molar-refractivity contribution in [3.8, 4) is 11.5 Å². The number of urea groups is 1. The lowest BCUT2D eigenvalue weighted by Gasteiger charge is -2.26. The number of amides is 4. The fraction of sp³-hybridized carbons (Fsp3) is 0.115. The number of hydrogen-bond acceptors (Lipinski definition) is 5. The SMILES string of the molecule is COc1cc(/C=C2/C(=O)NC(=O)N(c3ccc(C)c(Cl)c3)C2=O)cc(I)c1OCc1ccccc1Cl. The maximum Gasteiger partial charge on any atom is 0.335 e. The highest BCUT2D eigenvalue weighted by atomic mass is 127. The second-order valence-corrected chi connectivity index (χ2v) is 9.78. The largest absolute Gasteiger partial charge is 0.493 e. The highest BCUT2D eigenvalue weighted by Gasteiger charge is 2.37. The Balaban J connectivity index is 1.66. The predicted octanol–water partition coefficient (Wildman–Crippen LogP) is 6.16. The lowest BCUT2D eigenvalue weighted by molar-refractivity contribution is -0.122. The fourth-order valence-electron chi connectivity index (χ4n) is 3.51. The summed E-state index contributed by atoms with van der Waals surface area (Å²) in [5.74, 6) is -0.669. The topological polar surface area (TPSA) is 84.9 Å². The highest BCUT2D eigenvalue weighted by Crippen LogP contribution is 2.36. The van der Waals surface area contributed by atoms with Crippen molar-refractivity contribution < 1.29 is 23.9 Å². The standard InChI is InChI=1S/C26H19Cl2IN2O5/c1-14-7-8-17(12-20(14)28)31-25(33)18(24(32)30-26(31)34)9-15-10-21(29)23(22(11-15)35-2)36-13-16-5-3-4-6-19(16)27/h3-12H,13H2,1-2H3,(H,30,32,34)/b18-9-. The summed E-state index contributed by atoms with van der Waals surface area (Å²) in [6, 6.07) is 14.6. The average Bonchev–Trinajstić information content (AvgIpc) is 2.83. The van der Waals surface area contributed by atoms with Crippen molar-refractivity contribution in [2.45, 2.75) is 13.5 Å². The molecule has 4 amide bonds. The smallest absolute Gasteiger partial charge is 0.335 e. The number of carbonyl (C=O) groups is 3. The van der Waals surface area contributed by atoms with Crippen LogP contribution in [-0.4, -0.2) is 25.0 Å². The average molecular weight is 637 g/mol. The minimum atomic E-state index is -0.849. The van der Waals surface area contributed by atoms with Crippen LogP contribution in [0.25, 0.3) is 6.08 Å². The van der Waals surface area contributed by atoms with E-state index in [-0.39, 0.29) is 17.9 Å². The molecular formula is C26H19Cl2IN2O5. The van der Waals surface area contributed by atoms with Crippen molar-refractivity contribution in [3.63, 3.8) is 0 Å². The number of imide groups is 2. The summed E-state index contributed by atoms with van der Waals surface area (Å²) in [5, 5.41) is 3.18. The number of ether oxygens (including phenoxy) is 2. The molecule has 1 saturated heterocycles. The van der Waals surface area contributed by atoms with E-state index in [0.29, 0.717) is 30.7 Å². The van der Waals surface area contributed by atoms with Gasteiger partial charge in [-0.1, -0.05) is 47.5 Å². The number of nitrogens with zero attached hydrogens (tertiary/aromatic N) is 1. The minimum absolute atomic E-state index is 0.214. The van der Waals surface area contributed by atoms with Crippen molar-refractivity contribution in [2.75, 3.05) is 12.0 Å². The van der Waals surface area contributed by atoms with Gasteiger partial charge in [0.1, 0.15) is 12.2 Å². The van der Waals surface area contributed by atoms with Gasteiger partial charge in [0, 0.05) is 15.6 Å². The lowest BCUT2D eigenvalue weighted by atomic mass is 10.1. The van der Waals surface area contributed by atoms with E-state index < -0.39 is 17.8 Å².